The van der Waals surface area contributed by atoms with Gasteiger partial charge < -0.3 is 9.88 Å². The van der Waals surface area contributed by atoms with E-state index >= 15 is 0 Å². The number of nitrogens with zero attached hydrogens (tertiary/aromatic N) is 4. The molecule has 0 spiro atoms. The molecular weight excluding hydrogens is 220 g/mol. The van der Waals surface area contributed by atoms with Crippen molar-refractivity contribution in [3.05, 3.63) is 29.8 Å². The summed E-state index contributed by atoms with van der Waals surface area (Å²) in [5, 5.41) is 16.0. The summed E-state index contributed by atoms with van der Waals surface area (Å²) >= 11 is 0. The summed E-state index contributed by atoms with van der Waals surface area (Å²) in [7, 11) is 0. The third-order valence-electron chi connectivity index (χ3n) is 2.36. The van der Waals surface area contributed by atoms with Gasteiger partial charge >= 0.3 is 0 Å². The molecular formula is C10H14N6O. The molecule has 2 aromatic heterocycles. The first kappa shape index (κ1) is 11.3. The van der Waals surface area contributed by atoms with E-state index < -0.39 is 0 Å². The minimum atomic E-state index is -0.145. The second-order valence-electron chi connectivity index (χ2n) is 3.91. The van der Waals surface area contributed by atoms with E-state index in [1.165, 1.54) is 0 Å². The number of nitrogens with one attached hydrogen (secondary N) is 2. The molecule has 0 atom stereocenters. The van der Waals surface area contributed by atoms with E-state index in [2.05, 4.69) is 25.9 Å². The van der Waals surface area contributed by atoms with E-state index in [0.29, 0.717) is 11.5 Å². The van der Waals surface area contributed by atoms with Crippen molar-refractivity contribution >= 4 is 5.91 Å². The summed E-state index contributed by atoms with van der Waals surface area (Å²) < 4.78 is 1.91. The molecule has 0 saturated heterocycles. The maximum absolute atomic E-state index is 11.9. The highest BCUT2D eigenvalue weighted by Gasteiger charge is 2.12. The van der Waals surface area contributed by atoms with Crippen LogP contribution in [-0.4, -0.2) is 31.1 Å². The Morgan fingerprint density at radius 3 is 3.06 bits per heavy atom. The Kier molecular flexibility index (Phi) is 3.17. The molecule has 17 heavy (non-hydrogen) atoms. The number of tetrazole rings is 1. The standard InChI is InChI=1S/C10H14N6O/c1-7(2)16-5-3-4-8(16)10(17)11-6-9-12-14-15-13-9/h3-5,7H,6H2,1-2H3,(H,11,17)(H,12,13,14,15). The highest BCUT2D eigenvalue weighted by atomic mass is 16.1. The van der Waals surface area contributed by atoms with E-state index in [1.54, 1.807) is 6.07 Å². The van der Waals surface area contributed by atoms with Gasteiger partial charge in [0.1, 0.15) is 5.69 Å². The van der Waals surface area contributed by atoms with Crippen LogP contribution in [-0.2, 0) is 6.54 Å². The van der Waals surface area contributed by atoms with Crippen molar-refractivity contribution in [3.8, 4) is 0 Å². The van der Waals surface area contributed by atoms with Crippen LogP contribution in [0.25, 0.3) is 0 Å². The number of carbonyl (C=O) groups excluding carboxylic acids is 1. The lowest BCUT2D eigenvalue weighted by Crippen LogP contribution is -2.26. The molecule has 7 nitrogen and oxygen atoms in total. The van der Waals surface area contributed by atoms with Gasteiger partial charge in [-0.1, -0.05) is 5.21 Å². The maximum atomic E-state index is 11.9. The predicted octanol–water partition coefficient (Wildman–Crippen LogP) is 0.512. The lowest BCUT2D eigenvalue weighted by molar-refractivity contribution is 0.0939. The number of hydrogen-bond acceptors (Lipinski definition) is 4. The van der Waals surface area contributed by atoms with Gasteiger partial charge in [0.25, 0.3) is 5.91 Å². The predicted molar refractivity (Wildman–Crippen MR) is 60.2 cm³/mol. The fourth-order valence-corrected chi connectivity index (χ4v) is 1.54. The monoisotopic (exact) mass is 234 g/mol. The summed E-state index contributed by atoms with van der Waals surface area (Å²) in [6.45, 7) is 4.31. The number of H-pyrrole nitrogens is 1. The second-order valence-corrected chi connectivity index (χ2v) is 3.91. The fourth-order valence-electron chi connectivity index (χ4n) is 1.54. The maximum Gasteiger partial charge on any atom is 0.268 e. The topological polar surface area (TPSA) is 88.5 Å². The normalized spacial score (nSPS) is 10.8. The number of aromatic nitrogens is 5. The van der Waals surface area contributed by atoms with Crippen LogP contribution >= 0.6 is 0 Å². The van der Waals surface area contributed by atoms with Crippen LogP contribution in [0.3, 0.4) is 0 Å². The SMILES string of the molecule is CC(C)n1cccc1C(=O)NCc1nn[nH]n1. The first-order valence-corrected chi connectivity index (χ1v) is 5.36. The fraction of sp³-hybridized carbons (Fsp3) is 0.400. The number of hydrogen-bond donors (Lipinski definition) is 2. The summed E-state index contributed by atoms with van der Waals surface area (Å²) in [5.41, 5.74) is 0.628. The van der Waals surface area contributed by atoms with Gasteiger partial charge in [-0.15, -0.1) is 10.2 Å². The average Bonchev–Trinajstić information content (AvgIpc) is 2.96. The number of amides is 1. The Morgan fingerprint density at radius 2 is 2.41 bits per heavy atom. The molecule has 0 aliphatic rings. The van der Waals surface area contributed by atoms with Crippen molar-refractivity contribution in [2.75, 3.05) is 0 Å². The van der Waals surface area contributed by atoms with Crippen LogP contribution in [0.4, 0.5) is 0 Å². The molecule has 2 aromatic rings. The van der Waals surface area contributed by atoms with Crippen LogP contribution in [0.15, 0.2) is 18.3 Å². The third kappa shape index (κ3) is 2.49. The molecule has 7 heteroatoms. The summed E-state index contributed by atoms with van der Waals surface area (Å²) in [5.74, 6) is 0.314. The molecule has 0 aliphatic heterocycles. The van der Waals surface area contributed by atoms with Crippen molar-refractivity contribution < 1.29 is 4.79 Å². The van der Waals surface area contributed by atoms with Crippen molar-refractivity contribution in [1.82, 2.24) is 30.5 Å². The molecule has 2 N–H and O–H groups in total. The molecule has 0 radical (unpaired) electrons. The van der Waals surface area contributed by atoms with Crippen LogP contribution in [0, 0.1) is 0 Å². The Hall–Kier alpha value is -2.18. The largest absolute Gasteiger partial charge is 0.343 e. The molecule has 90 valence electrons. The zero-order chi connectivity index (χ0) is 12.3. The van der Waals surface area contributed by atoms with Crippen molar-refractivity contribution in [2.24, 2.45) is 0 Å². The van der Waals surface area contributed by atoms with E-state index in [1.807, 2.05) is 30.7 Å². The van der Waals surface area contributed by atoms with Gasteiger partial charge in [-0.05, 0) is 26.0 Å². The molecule has 2 heterocycles. The zero-order valence-electron chi connectivity index (χ0n) is 9.71. The number of carbonyl (C=O) groups is 1. The quantitative estimate of drug-likeness (QED) is 0.806. The van der Waals surface area contributed by atoms with Gasteiger partial charge in [0.05, 0.1) is 6.54 Å². The van der Waals surface area contributed by atoms with Gasteiger partial charge in [0, 0.05) is 12.2 Å². The molecule has 0 unspecified atom stereocenters. The average molecular weight is 234 g/mol. The highest BCUT2D eigenvalue weighted by Crippen LogP contribution is 2.10. The number of aromatic amines is 1. The Bertz CT molecular complexity index is 487. The van der Waals surface area contributed by atoms with Crippen molar-refractivity contribution in [2.45, 2.75) is 26.4 Å². The molecule has 1 amide bonds. The van der Waals surface area contributed by atoms with Gasteiger partial charge in [0.2, 0.25) is 0 Å². The van der Waals surface area contributed by atoms with Crippen molar-refractivity contribution in [1.29, 1.82) is 0 Å². The summed E-state index contributed by atoms with van der Waals surface area (Å²) in [6.07, 6.45) is 1.88. The Labute approximate surface area is 98.2 Å². The molecule has 0 aliphatic carbocycles. The Balaban J connectivity index is 2.02. The molecule has 0 fully saturated rings. The van der Waals surface area contributed by atoms with Crippen molar-refractivity contribution in [3.63, 3.8) is 0 Å². The first-order valence-electron chi connectivity index (χ1n) is 5.36. The van der Waals surface area contributed by atoms with E-state index in [-0.39, 0.29) is 18.5 Å². The van der Waals surface area contributed by atoms with Crippen LogP contribution in [0.1, 0.15) is 36.2 Å². The summed E-state index contributed by atoms with van der Waals surface area (Å²) in [4.78, 5) is 11.9. The second kappa shape index (κ2) is 4.77. The van der Waals surface area contributed by atoms with Gasteiger partial charge in [0.15, 0.2) is 5.82 Å². The molecule has 2 rings (SSSR count). The molecule has 0 saturated carbocycles. The number of rotatable bonds is 4. The lowest BCUT2D eigenvalue weighted by atomic mass is 10.3. The lowest BCUT2D eigenvalue weighted by Gasteiger charge is -2.12. The minimum Gasteiger partial charge on any atom is -0.343 e. The van der Waals surface area contributed by atoms with Crippen LogP contribution < -0.4 is 5.32 Å². The van der Waals surface area contributed by atoms with Crippen LogP contribution in [0.2, 0.25) is 0 Å². The summed E-state index contributed by atoms with van der Waals surface area (Å²) in [6, 6.07) is 3.88. The highest BCUT2D eigenvalue weighted by molar-refractivity contribution is 5.92. The van der Waals surface area contributed by atoms with Gasteiger partial charge in [-0.3, -0.25) is 4.79 Å². The van der Waals surface area contributed by atoms with Gasteiger partial charge in [-0.25, -0.2) is 0 Å². The Morgan fingerprint density at radius 1 is 1.59 bits per heavy atom. The molecule has 0 aromatic carbocycles. The van der Waals surface area contributed by atoms with Gasteiger partial charge in [-0.2, -0.15) is 5.21 Å². The zero-order valence-corrected chi connectivity index (χ0v) is 9.71. The smallest absolute Gasteiger partial charge is 0.268 e. The van der Waals surface area contributed by atoms with Crippen LogP contribution in [0.5, 0.6) is 0 Å². The van der Waals surface area contributed by atoms with E-state index in [9.17, 15) is 4.79 Å². The third-order valence-corrected chi connectivity index (χ3v) is 2.36. The van der Waals surface area contributed by atoms with E-state index in [0.717, 1.165) is 0 Å². The molecule has 0 bridgehead atoms. The first-order chi connectivity index (χ1) is 8.18. The minimum absolute atomic E-state index is 0.145. The van der Waals surface area contributed by atoms with E-state index in [4.69, 9.17) is 0 Å².